The van der Waals surface area contributed by atoms with E-state index in [2.05, 4.69) is 57.8 Å². The Morgan fingerprint density at radius 1 is 1.10 bits per heavy atom. The zero-order chi connectivity index (χ0) is 13.8. The number of hydrogen-bond acceptors (Lipinski definition) is 4. The molecule has 0 spiro atoms. The van der Waals surface area contributed by atoms with Gasteiger partial charge in [-0.15, -0.1) is 0 Å². The van der Waals surface area contributed by atoms with Gasteiger partial charge in [-0.3, -0.25) is 0 Å². The number of anilines is 1. The molecule has 2 N–H and O–H groups in total. The third kappa shape index (κ3) is 4.07. The van der Waals surface area contributed by atoms with Gasteiger partial charge in [0.15, 0.2) is 5.13 Å². The second-order valence-electron chi connectivity index (χ2n) is 3.70. The summed E-state index contributed by atoms with van der Waals surface area (Å²) < 4.78 is 0.978. The maximum Gasteiger partial charge on any atom is 1.00 e. The molecule has 0 bridgehead atoms. The molecule has 0 aliphatic rings. The molecule has 0 atom stereocenters. The summed E-state index contributed by atoms with van der Waals surface area (Å²) in [4.78, 5) is 4.38. The first-order valence-electron chi connectivity index (χ1n) is 5.56. The van der Waals surface area contributed by atoms with Crippen LogP contribution in [0.1, 0.15) is 0 Å². The number of benzene rings is 2. The van der Waals surface area contributed by atoms with Crippen LogP contribution in [0.5, 0.6) is 0 Å². The first kappa shape index (κ1) is 18.6. The van der Waals surface area contributed by atoms with Gasteiger partial charge in [-0.25, -0.2) is 4.98 Å². The summed E-state index contributed by atoms with van der Waals surface area (Å²) in [5.41, 5.74) is 7.77. The van der Waals surface area contributed by atoms with Crippen molar-refractivity contribution in [3.63, 3.8) is 0 Å². The standard InChI is InChI=1S/C13H9BrN2S.CH4S.K/c14-12-11(16-13(15)17-12)10-7-3-5-8-4-1-2-6-9(8)10;1-2;/h1-7H,(H2,15,16);2H,1H3;/q;;+1/p-1. The van der Waals surface area contributed by atoms with E-state index in [1.807, 2.05) is 18.2 Å². The van der Waals surface area contributed by atoms with Crippen molar-refractivity contribution in [2.24, 2.45) is 0 Å². The van der Waals surface area contributed by atoms with E-state index in [9.17, 15) is 0 Å². The molecular weight excluding hydrogens is 379 g/mol. The van der Waals surface area contributed by atoms with Gasteiger partial charge in [0, 0.05) is 5.56 Å². The van der Waals surface area contributed by atoms with Crippen molar-refractivity contribution >= 4 is 55.8 Å². The molecule has 3 aromatic rings. The van der Waals surface area contributed by atoms with E-state index in [1.165, 1.54) is 22.1 Å². The largest absolute Gasteiger partial charge is 1.00 e. The van der Waals surface area contributed by atoms with Crippen molar-refractivity contribution in [2.75, 3.05) is 12.0 Å². The zero-order valence-electron chi connectivity index (χ0n) is 11.3. The first-order valence-corrected chi connectivity index (χ1v) is 7.99. The van der Waals surface area contributed by atoms with Crippen LogP contribution in [0, 0.1) is 0 Å². The summed E-state index contributed by atoms with van der Waals surface area (Å²) in [5.74, 6) is 0. The first-order chi connectivity index (χ1) is 9.25. The Balaban J connectivity index is 0.000000639. The van der Waals surface area contributed by atoms with Crippen LogP contribution in [0.4, 0.5) is 5.13 Å². The zero-order valence-corrected chi connectivity index (χ0v) is 17.6. The van der Waals surface area contributed by atoms with Crippen LogP contribution in [0.2, 0.25) is 0 Å². The maximum absolute atomic E-state index is 5.74. The Morgan fingerprint density at radius 2 is 1.75 bits per heavy atom. The minimum absolute atomic E-state index is 0. The van der Waals surface area contributed by atoms with Crippen molar-refractivity contribution in [1.82, 2.24) is 4.98 Å². The quantitative estimate of drug-likeness (QED) is 0.505. The normalized spacial score (nSPS) is 9.55. The number of aromatic nitrogens is 1. The van der Waals surface area contributed by atoms with E-state index in [-0.39, 0.29) is 51.4 Å². The van der Waals surface area contributed by atoms with E-state index in [4.69, 9.17) is 5.73 Å². The fraction of sp³-hybridized carbons (Fsp3) is 0.0714. The summed E-state index contributed by atoms with van der Waals surface area (Å²) in [7, 11) is 0. The molecule has 0 saturated heterocycles. The maximum atomic E-state index is 5.74. The molecular formula is C14H12BrKN2S2. The molecule has 2 aromatic carbocycles. The van der Waals surface area contributed by atoms with Crippen LogP contribution >= 0.6 is 27.3 Å². The minimum atomic E-state index is 0. The predicted molar refractivity (Wildman–Crippen MR) is 90.5 cm³/mol. The predicted octanol–water partition coefficient (Wildman–Crippen LogP) is 1.48. The van der Waals surface area contributed by atoms with Crippen molar-refractivity contribution in [3.05, 3.63) is 46.3 Å². The second kappa shape index (κ2) is 8.90. The average Bonchev–Trinajstić information content (AvgIpc) is 2.79. The van der Waals surface area contributed by atoms with Crippen LogP contribution in [0.25, 0.3) is 22.0 Å². The minimum Gasteiger partial charge on any atom is -0.796 e. The van der Waals surface area contributed by atoms with E-state index in [0.717, 1.165) is 15.0 Å². The van der Waals surface area contributed by atoms with E-state index >= 15 is 0 Å². The van der Waals surface area contributed by atoms with Crippen molar-refractivity contribution in [2.45, 2.75) is 0 Å². The Labute approximate surface area is 179 Å². The molecule has 3 rings (SSSR count). The Hall–Kier alpha value is 0.596. The van der Waals surface area contributed by atoms with Gasteiger partial charge in [-0.05, 0) is 26.7 Å². The van der Waals surface area contributed by atoms with E-state index < -0.39 is 0 Å². The van der Waals surface area contributed by atoms with Crippen LogP contribution in [0.15, 0.2) is 46.3 Å². The molecule has 0 aliphatic carbocycles. The number of nitrogens with two attached hydrogens (primary N) is 1. The molecule has 1 aromatic heterocycles. The summed E-state index contributed by atoms with van der Waals surface area (Å²) in [6, 6.07) is 14.5. The number of halogens is 1. The third-order valence-electron chi connectivity index (χ3n) is 2.65. The fourth-order valence-corrected chi connectivity index (χ4v) is 3.29. The number of thiazole rings is 1. The Kier molecular flexibility index (Phi) is 8.30. The molecule has 1 heterocycles. The molecule has 0 amide bonds. The van der Waals surface area contributed by atoms with Crippen LogP contribution < -0.4 is 57.1 Å². The van der Waals surface area contributed by atoms with Crippen molar-refractivity contribution in [3.8, 4) is 11.3 Å². The Bertz CT molecular complexity index is 695. The summed E-state index contributed by atoms with van der Waals surface area (Å²) in [6.07, 6.45) is 1.58. The molecule has 6 heteroatoms. The molecule has 0 unspecified atom stereocenters. The van der Waals surface area contributed by atoms with Gasteiger partial charge in [-0.1, -0.05) is 53.8 Å². The van der Waals surface area contributed by atoms with Gasteiger partial charge >= 0.3 is 51.4 Å². The van der Waals surface area contributed by atoms with Crippen molar-refractivity contribution < 1.29 is 51.4 Å². The molecule has 20 heavy (non-hydrogen) atoms. The van der Waals surface area contributed by atoms with Crippen molar-refractivity contribution in [1.29, 1.82) is 0 Å². The fourth-order valence-electron chi connectivity index (χ4n) is 1.92. The molecule has 0 radical (unpaired) electrons. The number of hydrogen-bond donors (Lipinski definition) is 1. The van der Waals surface area contributed by atoms with Crippen LogP contribution in [-0.4, -0.2) is 11.2 Å². The average molecular weight is 391 g/mol. The monoisotopic (exact) mass is 390 g/mol. The van der Waals surface area contributed by atoms with Gasteiger partial charge in [0.25, 0.3) is 0 Å². The second-order valence-corrected chi connectivity index (χ2v) is 6.05. The molecule has 2 nitrogen and oxygen atoms in total. The summed E-state index contributed by atoms with van der Waals surface area (Å²) in [5, 5.41) is 2.99. The van der Waals surface area contributed by atoms with Crippen LogP contribution in [-0.2, 0) is 12.6 Å². The molecule has 0 aliphatic heterocycles. The third-order valence-corrected chi connectivity index (χ3v) is 4.18. The van der Waals surface area contributed by atoms with Gasteiger partial charge in [0.2, 0.25) is 0 Å². The molecule has 98 valence electrons. The number of rotatable bonds is 1. The van der Waals surface area contributed by atoms with E-state index in [0.29, 0.717) is 5.13 Å². The van der Waals surface area contributed by atoms with Gasteiger partial charge in [0.05, 0.1) is 9.48 Å². The van der Waals surface area contributed by atoms with Crippen LogP contribution in [0.3, 0.4) is 0 Å². The number of fused-ring (bicyclic) bond motifs is 1. The SMILES string of the molecule is C[S-].Nc1nc(-c2cccc3ccccc23)c(Br)s1.[K+]. The molecule has 0 fully saturated rings. The summed E-state index contributed by atoms with van der Waals surface area (Å²) in [6.45, 7) is 0. The number of nitrogen functional groups attached to an aromatic ring is 1. The number of nitrogens with zero attached hydrogens (tertiary/aromatic N) is 1. The molecule has 0 saturated carbocycles. The van der Waals surface area contributed by atoms with Gasteiger partial charge in [-0.2, -0.15) is 6.26 Å². The van der Waals surface area contributed by atoms with E-state index in [1.54, 1.807) is 6.26 Å². The Morgan fingerprint density at radius 3 is 2.40 bits per heavy atom. The van der Waals surface area contributed by atoms with Gasteiger partial charge in [0.1, 0.15) is 0 Å². The smallest absolute Gasteiger partial charge is 0.796 e. The summed E-state index contributed by atoms with van der Waals surface area (Å²) >= 11 is 9.05. The van der Waals surface area contributed by atoms with Gasteiger partial charge < -0.3 is 18.4 Å². The topological polar surface area (TPSA) is 38.9 Å².